The van der Waals surface area contributed by atoms with E-state index >= 15 is 0 Å². The largest absolute Gasteiger partial charge is 0.315 e. The SMILES string of the molecule is CCCNCC(C)S(=O)(=O)Nc1cc(C)ccc1C. The molecule has 19 heavy (non-hydrogen) atoms. The Balaban J connectivity index is 2.75. The molecule has 0 spiro atoms. The lowest BCUT2D eigenvalue weighted by Crippen LogP contribution is -2.35. The minimum Gasteiger partial charge on any atom is -0.315 e. The van der Waals surface area contributed by atoms with Gasteiger partial charge in [0.05, 0.1) is 10.9 Å². The van der Waals surface area contributed by atoms with Gasteiger partial charge in [0.1, 0.15) is 0 Å². The highest BCUT2D eigenvalue weighted by molar-refractivity contribution is 7.93. The average molecular weight is 284 g/mol. The molecule has 1 aromatic carbocycles. The smallest absolute Gasteiger partial charge is 0.236 e. The molecule has 0 saturated heterocycles. The molecule has 0 aliphatic heterocycles. The second-order valence-electron chi connectivity index (χ2n) is 4.98. The molecule has 0 aliphatic carbocycles. The van der Waals surface area contributed by atoms with Crippen LogP contribution in [0.15, 0.2) is 18.2 Å². The fourth-order valence-electron chi connectivity index (χ4n) is 1.69. The first-order chi connectivity index (χ1) is 8.86. The second kappa shape index (κ2) is 6.91. The molecule has 0 fully saturated rings. The van der Waals surface area contributed by atoms with E-state index in [2.05, 4.69) is 17.0 Å². The van der Waals surface area contributed by atoms with Crippen LogP contribution in [0.5, 0.6) is 0 Å². The zero-order valence-electron chi connectivity index (χ0n) is 12.2. The zero-order chi connectivity index (χ0) is 14.5. The first kappa shape index (κ1) is 16.0. The molecular formula is C14H24N2O2S. The van der Waals surface area contributed by atoms with Gasteiger partial charge in [-0.2, -0.15) is 0 Å². The lowest BCUT2D eigenvalue weighted by Gasteiger charge is -2.17. The van der Waals surface area contributed by atoms with E-state index in [9.17, 15) is 8.42 Å². The molecule has 1 atom stereocenters. The summed E-state index contributed by atoms with van der Waals surface area (Å²) >= 11 is 0. The van der Waals surface area contributed by atoms with Crippen molar-refractivity contribution in [1.29, 1.82) is 0 Å². The predicted octanol–water partition coefficient (Wildman–Crippen LogP) is 2.43. The molecule has 1 aromatic rings. The van der Waals surface area contributed by atoms with Crippen LogP contribution >= 0.6 is 0 Å². The lowest BCUT2D eigenvalue weighted by molar-refractivity contribution is 0.575. The van der Waals surface area contributed by atoms with Crippen LogP contribution in [-0.4, -0.2) is 26.8 Å². The molecule has 0 radical (unpaired) electrons. The standard InChI is InChI=1S/C14H24N2O2S/c1-5-8-15-10-13(4)19(17,18)16-14-9-11(2)6-7-12(14)3/h6-7,9,13,15-16H,5,8,10H2,1-4H3. The van der Waals surface area contributed by atoms with Crippen LogP contribution in [0.25, 0.3) is 0 Å². The van der Waals surface area contributed by atoms with Crippen LogP contribution in [0.4, 0.5) is 5.69 Å². The van der Waals surface area contributed by atoms with Gasteiger partial charge >= 0.3 is 0 Å². The van der Waals surface area contributed by atoms with Crippen LogP contribution in [0, 0.1) is 13.8 Å². The van der Waals surface area contributed by atoms with Crippen molar-refractivity contribution in [2.24, 2.45) is 0 Å². The summed E-state index contributed by atoms with van der Waals surface area (Å²) in [6.07, 6.45) is 0.997. The van der Waals surface area contributed by atoms with Crippen molar-refractivity contribution in [2.75, 3.05) is 17.8 Å². The van der Waals surface area contributed by atoms with Gasteiger partial charge in [0.25, 0.3) is 0 Å². The molecule has 4 nitrogen and oxygen atoms in total. The Morgan fingerprint density at radius 3 is 2.58 bits per heavy atom. The maximum atomic E-state index is 12.2. The minimum absolute atomic E-state index is 0.459. The summed E-state index contributed by atoms with van der Waals surface area (Å²) in [5.41, 5.74) is 2.64. The van der Waals surface area contributed by atoms with Crippen molar-refractivity contribution in [2.45, 2.75) is 39.4 Å². The number of nitrogens with one attached hydrogen (secondary N) is 2. The highest BCUT2D eigenvalue weighted by atomic mass is 32.2. The zero-order valence-corrected chi connectivity index (χ0v) is 13.0. The topological polar surface area (TPSA) is 58.2 Å². The quantitative estimate of drug-likeness (QED) is 0.756. The van der Waals surface area contributed by atoms with E-state index in [1.807, 2.05) is 32.0 Å². The van der Waals surface area contributed by atoms with Gasteiger partial charge in [-0.15, -0.1) is 0 Å². The third-order valence-electron chi connectivity index (χ3n) is 3.03. The van der Waals surface area contributed by atoms with Crippen molar-refractivity contribution >= 4 is 15.7 Å². The highest BCUT2D eigenvalue weighted by Gasteiger charge is 2.20. The molecule has 1 unspecified atom stereocenters. The summed E-state index contributed by atoms with van der Waals surface area (Å²) in [6, 6.07) is 5.76. The fourth-order valence-corrected chi connectivity index (χ4v) is 2.76. The molecule has 1 rings (SSSR count). The van der Waals surface area contributed by atoms with Gasteiger partial charge in [0.2, 0.25) is 10.0 Å². The fraction of sp³-hybridized carbons (Fsp3) is 0.571. The minimum atomic E-state index is -3.35. The number of anilines is 1. The number of sulfonamides is 1. The predicted molar refractivity (Wildman–Crippen MR) is 81.1 cm³/mol. The maximum absolute atomic E-state index is 12.2. The Bertz CT molecular complexity index is 512. The molecule has 0 saturated carbocycles. The molecule has 0 amide bonds. The summed E-state index contributed by atoms with van der Waals surface area (Å²) in [6.45, 7) is 8.93. The van der Waals surface area contributed by atoms with Crippen LogP contribution in [0.1, 0.15) is 31.4 Å². The lowest BCUT2D eigenvalue weighted by atomic mass is 10.1. The normalized spacial score (nSPS) is 13.3. The summed E-state index contributed by atoms with van der Waals surface area (Å²) in [5.74, 6) is 0. The van der Waals surface area contributed by atoms with Crippen LogP contribution in [0.3, 0.4) is 0 Å². The van der Waals surface area contributed by atoms with E-state index in [0.717, 1.165) is 24.1 Å². The second-order valence-corrected chi connectivity index (χ2v) is 7.08. The Kier molecular flexibility index (Phi) is 5.82. The van der Waals surface area contributed by atoms with Crippen molar-refractivity contribution < 1.29 is 8.42 Å². The molecule has 0 aromatic heterocycles. The highest BCUT2D eigenvalue weighted by Crippen LogP contribution is 2.19. The summed E-state index contributed by atoms with van der Waals surface area (Å²) in [7, 11) is -3.35. The molecule has 0 bridgehead atoms. The van der Waals surface area contributed by atoms with Gasteiger partial charge in [-0.25, -0.2) is 8.42 Å². The number of hydrogen-bond acceptors (Lipinski definition) is 3. The van der Waals surface area contributed by atoms with Crippen molar-refractivity contribution in [3.63, 3.8) is 0 Å². The van der Waals surface area contributed by atoms with Gasteiger partial charge in [0.15, 0.2) is 0 Å². The van der Waals surface area contributed by atoms with Crippen molar-refractivity contribution in [3.8, 4) is 0 Å². The van der Waals surface area contributed by atoms with Crippen LogP contribution < -0.4 is 10.0 Å². The average Bonchev–Trinajstić information content (AvgIpc) is 2.33. The Labute approximate surface area is 116 Å². The number of rotatable bonds is 7. The Hall–Kier alpha value is -1.07. The monoisotopic (exact) mass is 284 g/mol. The third kappa shape index (κ3) is 4.84. The summed E-state index contributed by atoms with van der Waals surface area (Å²) in [5, 5.41) is 2.67. The van der Waals surface area contributed by atoms with E-state index in [-0.39, 0.29) is 0 Å². The van der Waals surface area contributed by atoms with E-state index in [1.165, 1.54) is 0 Å². The van der Waals surface area contributed by atoms with Crippen molar-refractivity contribution in [1.82, 2.24) is 5.32 Å². The summed E-state index contributed by atoms with van der Waals surface area (Å²) in [4.78, 5) is 0. The maximum Gasteiger partial charge on any atom is 0.236 e. The van der Waals surface area contributed by atoms with Gasteiger partial charge in [0, 0.05) is 6.54 Å². The Morgan fingerprint density at radius 2 is 1.95 bits per heavy atom. The van der Waals surface area contributed by atoms with E-state index < -0.39 is 15.3 Å². The molecule has 2 N–H and O–H groups in total. The molecule has 5 heteroatoms. The van der Waals surface area contributed by atoms with Gasteiger partial charge in [-0.05, 0) is 50.9 Å². The Morgan fingerprint density at radius 1 is 1.26 bits per heavy atom. The molecule has 108 valence electrons. The molecular weight excluding hydrogens is 260 g/mol. The van der Waals surface area contributed by atoms with Crippen LogP contribution in [0.2, 0.25) is 0 Å². The van der Waals surface area contributed by atoms with Crippen LogP contribution in [-0.2, 0) is 10.0 Å². The van der Waals surface area contributed by atoms with Gasteiger partial charge in [-0.1, -0.05) is 19.1 Å². The number of hydrogen-bond donors (Lipinski definition) is 2. The number of aryl methyl sites for hydroxylation is 2. The van der Waals surface area contributed by atoms with Gasteiger partial charge < -0.3 is 5.32 Å². The first-order valence-electron chi connectivity index (χ1n) is 6.66. The van der Waals surface area contributed by atoms with E-state index in [4.69, 9.17) is 0 Å². The number of benzene rings is 1. The van der Waals surface area contributed by atoms with Crippen molar-refractivity contribution in [3.05, 3.63) is 29.3 Å². The molecule has 0 aliphatic rings. The van der Waals surface area contributed by atoms with E-state index in [1.54, 1.807) is 6.92 Å². The summed E-state index contributed by atoms with van der Waals surface area (Å²) < 4.78 is 27.1. The first-order valence-corrected chi connectivity index (χ1v) is 8.21. The van der Waals surface area contributed by atoms with Gasteiger partial charge in [-0.3, -0.25) is 4.72 Å². The third-order valence-corrected chi connectivity index (χ3v) is 4.76. The van der Waals surface area contributed by atoms with E-state index in [0.29, 0.717) is 12.2 Å². The molecule has 0 heterocycles.